The molecule has 0 spiro atoms. The van der Waals surface area contributed by atoms with Gasteiger partial charge in [-0.25, -0.2) is 19.7 Å². The number of benzene rings is 1. The molecule has 0 bridgehead atoms. The van der Waals surface area contributed by atoms with E-state index >= 15 is 0 Å². The number of nitrogens with one attached hydrogen (secondary N) is 2. The Morgan fingerprint density at radius 2 is 1.95 bits per heavy atom. The molecule has 10 nitrogen and oxygen atoms in total. The first kappa shape index (κ1) is 25.6. The van der Waals surface area contributed by atoms with Gasteiger partial charge in [-0.3, -0.25) is 4.90 Å². The van der Waals surface area contributed by atoms with Gasteiger partial charge < -0.3 is 25.0 Å². The highest BCUT2D eigenvalue weighted by Crippen LogP contribution is 2.39. The maximum atomic E-state index is 13.0. The van der Waals surface area contributed by atoms with E-state index in [0.717, 1.165) is 52.4 Å². The van der Waals surface area contributed by atoms with Crippen molar-refractivity contribution in [2.24, 2.45) is 0 Å². The molecule has 1 amide bonds. The number of aryl methyl sites for hydroxylation is 1. The predicted octanol–water partition coefficient (Wildman–Crippen LogP) is 4.97. The monoisotopic (exact) mass is 517 g/mol. The largest absolute Gasteiger partial charge is 0.474 e. The number of anilines is 5. The second-order valence-corrected chi connectivity index (χ2v) is 10.6. The highest BCUT2D eigenvalue weighted by Gasteiger charge is 2.32. The van der Waals surface area contributed by atoms with Crippen LogP contribution < -0.4 is 25.2 Å². The van der Waals surface area contributed by atoms with E-state index in [0.29, 0.717) is 37.2 Å². The fourth-order valence-electron chi connectivity index (χ4n) is 4.87. The van der Waals surface area contributed by atoms with Gasteiger partial charge in [0.25, 0.3) is 0 Å². The van der Waals surface area contributed by atoms with Gasteiger partial charge >= 0.3 is 6.09 Å². The molecule has 0 unspecified atom stereocenters. The molecule has 4 heterocycles. The van der Waals surface area contributed by atoms with Crippen LogP contribution in [0.2, 0.25) is 0 Å². The molecule has 0 saturated heterocycles. The summed E-state index contributed by atoms with van der Waals surface area (Å²) in [6, 6.07) is 6.12. The smallest absolute Gasteiger partial charge is 0.415 e. The molecule has 2 aromatic heterocycles. The Balaban J connectivity index is 1.39. The number of hydrogen-bond donors (Lipinski definition) is 2. The molecule has 1 aromatic carbocycles. The molecule has 0 saturated carbocycles. The summed E-state index contributed by atoms with van der Waals surface area (Å²) in [5.41, 5.74) is 7.21. The number of nitrogens with zero attached hydrogens (tertiary/aromatic N) is 5. The normalized spacial score (nSPS) is 14.8. The van der Waals surface area contributed by atoms with Crippen molar-refractivity contribution < 1.29 is 14.3 Å². The molecule has 38 heavy (non-hydrogen) atoms. The van der Waals surface area contributed by atoms with E-state index in [9.17, 15) is 4.79 Å². The number of pyridine rings is 1. The van der Waals surface area contributed by atoms with Crippen molar-refractivity contribution in [2.75, 3.05) is 47.2 Å². The topological polar surface area (TPSA) is 105 Å². The van der Waals surface area contributed by atoms with Gasteiger partial charge in [-0.15, -0.1) is 0 Å². The van der Waals surface area contributed by atoms with Gasteiger partial charge in [0, 0.05) is 36.7 Å². The Bertz CT molecular complexity index is 1370. The first-order chi connectivity index (χ1) is 18.1. The van der Waals surface area contributed by atoms with Gasteiger partial charge in [-0.05, 0) is 70.4 Å². The average Bonchev–Trinajstić information content (AvgIpc) is 2.87. The minimum atomic E-state index is -0.593. The second kappa shape index (κ2) is 10.00. The van der Waals surface area contributed by atoms with Crippen LogP contribution in [0.15, 0.2) is 30.6 Å². The Morgan fingerprint density at radius 3 is 2.68 bits per heavy atom. The number of hydrogen-bond acceptors (Lipinski definition) is 9. The van der Waals surface area contributed by atoms with Crippen molar-refractivity contribution in [2.45, 2.75) is 53.2 Å². The zero-order chi connectivity index (χ0) is 27.0. The minimum absolute atomic E-state index is 0.374. The summed E-state index contributed by atoms with van der Waals surface area (Å²) < 4.78 is 11.5. The van der Waals surface area contributed by atoms with Crippen molar-refractivity contribution in [3.8, 4) is 5.88 Å². The zero-order valence-electron chi connectivity index (χ0n) is 22.9. The zero-order valence-corrected chi connectivity index (χ0v) is 22.9. The lowest BCUT2D eigenvalue weighted by atomic mass is 10.0. The van der Waals surface area contributed by atoms with Crippen molar-refractivity contribution >= 4 is 34.8 Å². The number of amides is 1. The second-order valence-electron chi connectivity index (χ2n) is 10.6. The van der Waals surface area contributed by atoms with Crippen LogP contribution >= 0.6 is 0 Å². The molecule has 10 heteroatoms. The first-order valence-corrected chi connectivity index (χ1v) is 12.9. The maximum Gasteiger partial charge on any atom is 0.415 e. The molecule has 200 valence electrons. The highest BCUT2D eigenvalue weighted by atomic mass is 16.6. The van der Waals surface area contributed by atoms with Crippen LogP contribution in [0.5, 0.6) is 5.88 Å². The van der Waals surface area contributed by atoms with Crippen LogP contribution in [0.1, 0.15) is 43.2 Å². The number of ether oxygens (including phenoxy) is 2. The fraction of sp³-hybridized carbons (Fsp3) is 0.429. The van der Waals surface area contributed by atoms with Crippen molar-refractivity contribution in [1.82, 2.24) is 15.0 Å². The quantitative estimate of drug-likeness (QED) is 0.496. The number of rotatable bonds is 4. The number of carbonyl (C=O) groups is 1. The Labute approximate surface area is 223 Å². The lowest BCUT2D eigenvalue weighted by Gasteiger charge is -2.35. The summed E-state index contributed by atoms with van der Waals surface area (Å²) in [5, 5.41) is 6.52. The van der Waals surface area contributed by atoms with E-state index in [2.05, 4.69) is 38.5 Å². The molecular formula is C28H35N7O3. The van der Waals surface area contributed by atoms with Gasteiger partial charge in [0.05, 0.1) is 30.7 Å². The van der Waals surface area contributed by atoms with Gasteiger partial charge in [0.15, 0.2) is 0 Å². The van der Waals surface area contributed by atoms with Gasteiger partial charge in [0.1, 0.15) is 17.9 Å². The van der Waals surface area contributed by atoms with E-state index in [-0.39, 0.29) is 0 Å². The summed E-state index contributed by atoms with van der Waals surface area (Å²) in [4.78, 5) is 30.9. The van der Waals surface area contributed by atoms with Crippen LogP contribution in [0, 0.1) is 13.8 Å². The molecular weight excluding hydrogens is 482 g/mol. The van der Waals surface area contributed by atoms with E-state index in [4.69, 9.17) is 14.5 Å². The maximum absolute atomic E-state index is 13.0. The summed E-state index contributed by atoms with van der Waals surface area (Å²) in [7, 11) is 1.91. The molecule has 3 aromatic rings. The summed E-state index contributed by atoms with van der Waals surface area (Å²) in [6.45, 7) is 11.8. The number of fused-ring (bicyclic) bond motifs is 2. The van der Waals surface area contributed by atoms with Crippen LogP contribution in [-0.4, -0.2) is 53.4 Å². The van der Waals surface area contributed by atoms with Crippen LogP contribution in [0.25, 0.3) is 0 Å². The van der Waals surface area contributed by atoms with Gasteiger partial charge in [0.2, 0.25) is 11.8 Å². The molecule has 0 aliphatic carbocycles. The minimum Gasteiger partial charge on any atom is -0.474 e. The van der Waals surface area contributed by atoms with E-state index in [1.807, 2.05) is 59.3 Å². The standard InChI is InChI=1S/C28H35N7O3/c1-17-13-20(7-8-21(17)29-6)32-26-31-14-19-9-10-34(16-22(19)33-26)23-15-30-25-24(18(23)2)35(11-12-37-25)27(36)38-28(3,4)5/h7-8,13-15,29H,9-12,16H2,1-6H3,(H,31,32,33). The third kappa shape index (κ3) is 5.16. The van der Waals surface area contributed by atoms with Gasteiger partial charge in [-0.2, -0.15) is 0 Å². The van der Waals surface area contributed by atoms with Crippen LogP contribution in [-0.2, 0) is 17.7 Å². The number of aromatic nitrogens is 3. The SMILES string of the molecule is CNc1ccc(Nc2ncc3c(n2)CN(c2cnc4c(c2C)N(C(=O)OC(C)(C)C)CCO4)CC3)cc1C. The Kier molecular flexibility index (Phi) is 6.73. The molecule has 5 rings (SSSR count). The fourth-order valence-corrected chi connectivity index (χ4v) is 4.87. The van der Waals surface area contributed by atoms with E-state index in [1.54, 1.807) is 4.90 Å². The number of carbonyl (C=O) groups excluding carboxylic acids is 1. The summed E-state index contributed by atoms with van der Waals surface area (Å²) >= 11 is 0. The summed E-state index contributed by atoms with van der Waals surface area (Å²) in [5.74, 6) is 1.01. The first-order valence-electron chi connectivity index (χ1n) is 12.9. The molecule has 0 atom stereocenters. The molecule has 0 fully saturated rings. The van der Waals surface area contributed by atoms with E-state index < -0.39 is 11.7 Å². The molecule has 2 aliphatic rings. The van der Waals surface area contributed by atoms with Gasteiger partial charge in [-0.1, -0.05) is 0 Å². The predicted molar refractivity (Wildman–Crippen MR) is 149 cm³/mol. The van der Waals surface area contributed by atoms with Crippen molar-refractivity contribution in [1.29, 1.82) is 0 Å². The Morgan fingerprint density at radius 1 is 1.13 bits per heavy atom. The lowest BCUT2D eigenvalue weighted by Crippen LogP contribution is -2.42. The van der Waals surface area contributed by atoms with Crippen molar-refractivity contribution in [3.05, 3.63) is 53.0 Å². The molecule has 2 aliphatic heterocycles. The van der Waals surface area contributed by atoms with E-state index in [1.165, 1.54) is 0 Å². The van der Waals surface area contributed by atoms with Crippen LogP contribution in [0.4, 0.5) is 33.5 Å². The molecule has 0 radical (unpaired) electrons. The third-order valence-electron chi connectivity index (χ3n) is 6.72. The lowest BCUT2D eigenvalue weighted by molar-refractivity contribution is 0.0566. The average molecular weight is 518 g/mol. The third-order valence-corrected chi connectivity index (χ3v) is 6.72. The summed E-state index contributed by atoms with van der Waals surface area (Å²) in [6.07, 6.45) is 4.15. The molecule has 2 N–H and O–H groups in total. The highest BCUT2D eigenvalue weighted by molar-refractivity contribution is 5.92. The Hall–Kier alpha value is -4.08. The van der Waals surface area contributed by atoms with Crippen molar-refractivity contribution in [3.63, 3.8) is 0 Å². The van der Waals surface area contributed by atoms with Crippen LogP contribution in [0.3, 0.4) is 0 Å².